The van der Waals surface area contributed by atoms with E-state index in [-0.39, 0.29) is 4.90 Å². The number of hydrogen-bond acceptors (Lipinski definition) is 7. The molecule has 176 valence electrons. The Balaban J connectivity index is 1.45. The molecule has 1 amide bonds. The summed E-state index contributed by atoms with van der Waals surface area (Å²) in [4.78, 5) is 17.2. The van der Waals surface area contributed by atoms with Gasteiger partial charge in [0.05, 0.1) is 21.7 Å². The minimum Gasteiger partial charge on any atom is -0.494 e. The fourth-order valence-corrected chi connectivity index (χ4v) is 6.87. The molecule has 2 N–H and O–H groups in total. The van der Waals surface area contributed by atoms with Gasteiger partial charge in [-0.2, -0.15) is 4.31 Å². The molecular weight excluding hydrogens is 484 g/mol. The largest absolute Gasteiger partial charge is 0.494 e. The molecule has 1 aromatic heterocycles. The summed E-state index contributed by atoms with van der Waals surface area (Å²) in [5.41, 5.74) is 6.28. The molecule has 2 atom stereocenters. The predicted molar refractivity (Wildman–Crippen MR) is 130 cm³/mol. The summed E-state index contributed by atoms with van der Waals surface area (Å²) < 4.78 is 33.6. The van der Waals surface area contributed by atoms with Crippen molar-refractivity contribution in [2.75, 3.05) is 25.6 Å². The van der Waals surface area contributed by atoms with Gasteiger partial charge in [-0.3, -0.25) is 15.6 Å². The van der Waals surface area contributed by atoms with Crippen LogP contribution in [0.3, 0.4) is 0 Å². The number of nitrogens with zero attached hydrogens (tertiary/aromatic N) is 2. The number of amides is 1. The fourth-order valence-electron chi connectivity index (χ4n) is 4.08. The second-order valence-electron chi connectivity index (χ2n) is 8.32. The fraction of sp³-hybridized carbons (Fsp3) is 0.364. The van der Waals surface area contributed by atoms with E-state index in [4.69, 9.17) is 16.3 Å². The van der Waals surface area contributed by atoms with Crippen molar-refractivity contribution in [3.63, 3.8) is 0 Å². The molecule has 1 aliphatic heterocycles. The van der Waals surface area contributed by atoms with Gasteiger partial charge >= 0.3 is 0 Å². The number of halogens is 1. The molecule has 2 aromatic carbocycles. The number of thiazole rings is 1. The van der Waals surface area contributed by atoms with Crippen molar-refractivity contribution in [1.82, 2.24) is 14.7 Å². The molecule has 1 fully saturated rings. The first-order valence-corrected chi connectivity index (χ1v) is 13.1. The van der Waals surface area contributed by atoms with E-state index in [0.717, 1.165) is 11.1 Å². The minimum absolute atomic E-state index is 0.182. The molecule has 0 saturated carbocycles. The zero-order valence-corrected chi connectivity index (χ0v) is 20.9. The summed E-state index contributed by atoms with van der Waals surface area (Å²) in [6.45, 7) is 5.15. The van der Waals surface area contributed by atoms with E-state index >= 15 is 0 Å². The predicted octanol–water partition coefficient (Wildman–Crippen LogP) is 4.38. The average molecular weight is 509 g/mol. The van der Waals surface area contributed by atoms with E-state index in [1.54, 1.807) is 19.2 Å². The summed E-state index contributed by atoms with van der Waals surface area (Å²) in [6, 6.07) is 9.39. The summed E-state index contributed by atoms with van der Waals surface area (Å²) in [7, 11) is -2.05. The third-order valence-electron chi connectivity index (χ3n) is 5.55. The van der Waals surface area contributed by atoms with Crippen LogP contribution in [0.1, 0.15) is 30.6 Å². The maximum atomic E-state index is 13.0. The lowest BCUT2D eigenvalue weighted by Gasteiger charge is -2.34. The van der Waals surface area contributed by atoms with E-state index in [1.165, 1.54) is 39.9 Å². The SMILES string of the molecule is COc1ccc(Cl)c2sc(NNC(=O)c3ccc(S(=O)(=O)N4C[C@H](C)C[C@H](C)C4)cc3)nc12. The van der Waals surface area contributed by atoms with Gasteiger partial charge in [-0.25, -0.2) is 13.4 Å². The molecule has 2 heterocycles. The van der Waals surface area contributed by atoms with Gasteiger partial charge in [0, 0.05) is 18.7 Å². The monoisotopic (exact) mass is 508 g/mol. The molecule has 1 saturated heterocycles. The number of sulfonamides is 1. The molecule has 4 rings (SSSR count). The number of ether oxygens (including phenoxy) is 1. The number of nitrogens with one attached hydrogen (secondary N) is 2. The topological polar surface area (TPSA) is 101 Å². The number of hydrogen-bond donors (Lipinski definition) is 2. The van der Waals surface area contributed by atoms with Crippen molar-refractivity contribution >= 4 is 54.2 Å². The lowest BCUT2D eigenvalue weighted by molar-refractivity contribution is 0.0962. The van der Waals surface area contributed by atoms with Crippen LogP contribution in [0.25, 0.3) is 10.2 Å². The summed E-state index contributed by atoms with van der Waals surface area (Å²) >= 11 is 7.51. The molecule has 8 nitrogen and oxygen atoms in total. The Morgan fingerprint density at radius 2 is 1.82 bits per heavy atom. The number of methoxy groups -OCH3 is 1. The number of rotatable bonds is 6. The highest BCUT2D eigenvalue weighted by Crippen LogP contribution is 2.37. The Morgan fingerprint density at radius 3 is 2.45 bits per heavy atom. The van der Waals surface area contributed by atoms with Gasteiger partial charge < -0.3 is 4.74 Å². The second kappa shape index (κ2) is 9.46. The van der Waals surface area contributed by atoms with Gasteiger partial charge in [-0.05, 0) is 54.7 Å². The molecule has 0 aliphatic carbocycles. The van der Waals surface area contributed by atoms with Crippen LogP contribution in [0, 0.1) is 11.8 Å². The van der Waals surface area contributed by atoms with Crippen LogP contribution < -0.4 is 15.6 Å². The number of fused-ring (bicyclic) bond motifs is 1. The molecule has 1 aliphatic rings. The quantitative estimate of drug-likeness (QED) is 0.479. The van der Waals surface area contributed by atoms with Crippen LogP contribution in [0.2, 0.25) is 5.02 Å². The van der Waals surface area contributed by atoms with Crippen LogP contribution >= 0.6 is 22.9 Å². The highest BCUT2D eigenvalue weighted by molar-refractivity contribution is 7.89. The lowest BCUT2D eigenvalue weighted by Crippen LogP contribution is -2.42. The number of piperidine rings is 1. The van der Waals surface area contributed by atoms with Gasteiger partial charge in [0.1, 0.15) is 11.3 Å². The van der Waals surface area contributed by atoms with E-state index in [0.29, 0.717) is 51.9 Å². The average Bonchev–Trinajstić information content (AvgIpc) is 3.22. The molecule has 0 unspecified atom stereocenters. The Labute approximate surface area is 201 Å². The number of carbonyl (C=O) groups excluding carboxylic acids is 1. The molecule has 11 heteroatoms. The Morgan fingerprint density at radius 1 is 1.15 bits per heavy atom. The van der Waals surface area contributed by atoms with Crippen LogP contribution in [-0.2, 0) is 10.0 Å². The Hall–Kier alpha value is -2.40. The van der Waals surface area contributed by atoms with E-state index in [9.17, 15) is 13.2 Å². The minimum atomic E-state index is -3.60. The van der Waals surface area contributed by atoms with Gasteiger partial charge in [0.25, 0.3) is 5.91 Å². The number of benzene rings is 2. The maximum absolute atomic E-state index is 13.0. The first kappa shape index (κ1) is 23.7. The summed E-state index contributed by atoms with van der Waals surface area (Å²) in [6.07, 6.45) is 1.02. The van der Waals surface area contributed by atoms with Gasteiger partial charge in [-0.1, -0.05) is 36.8 Å². The highest BCUT2D eigenvalue weighted by Gasteiger charge is 2.31. The van der Waals surface area contributed by atoms with Crippen molar-refractivity contribution in [2.45, 2.75) is 25.2 Å². The molecule has 0 radical (unpaired) electrons. The van der Waals surface area contributed by atoms with E-state index < -0.39 is 15.9 Å². The number of carbonyl (C=O) groups is 1. The van der Waals surface area contributed by atoms with Crippen molar-refractivity contribution in [3.05, 3.63) is 47.0 Å². The summed E-state index contributed by atoms with van der Waals surface area (Å²) in [5, 5.41) is 0.981. The standard InChI is InChI=1S/C22H25ClN4O4S2/c1-13-10-14(2)12-27(11-13)33(29,30)16-6-4-15(5-7-16)21(28)25-26-22-24-19-18(31-3)9-8-17(23)20(19)32-22/h4-9,13-14H,10-12H2,1-3H3,(H,24,26)(H,25,28)/t13-,14+. The normalized spacial score (nSPS) is 19.4. The molecule has 0 bridgehead atoms. The Bertz CT molecular complexity index is 1270. The lowest BCUT2D eigenvalue weighted by atomic mass is 9.94. The smallest absolute Gasteiger partial charge is 0.269 e. The maximum Gasteiger partial charge on any atom is 0.269 e. The van der Waals surface area contributed by atoms with Crippen molar-refractivity contribution in [2.24, 2.45) is 11.8 Å². The van der Waals surface area contributed by atoms with Gasteiger partial charge in [-0.15, -0.1) is 0 Å². The number of aromatic nitrogens is 1. The van der Waals surface area contributed by atoms with Gasteiger partial charge in [0.15, 0.2) is 0 Å². The van der Waals surface area contributed by atoms with Crippen molar-refractivity contribution in [1.29, 1.82) is 0 Å². The first-order valence-electron chi connectivity index (χ1n) is 10.5. The Kier molecular flexibility index (Phi) is 6.81. The highest BCUT2D eigenvalue weighted by atomic mass is 35.5. The second-order valence-corrected chi connectivity index (χ2v) is 11.7. The number of hydrazine groups is 1. The third-order valence-corrected chi connectivity index (χ3v) is 8.83. The zero-order chi connectivity index (χ0) is 23.8. The van der Waals surface area contributed by atoms with Crippen molar-refractivity contribution < 1.29 is 17.9 Å². The summed E-state index contributed by atoms with van der Waals surface area (Å²) in [5.74, 6) is 0.796. The molecular formula is C22H25ClN4O4S2. The zero-order valence-electron chi connectivity index (χ0n) is 18.5. The van der Waals surface area contributed by atoms with Crippen molar-refractivity contribution in [3.8, 4) is 5.75 Å². The van der Waals surface area contributed by atoms with Crippen LogP contribution in [-0.4, -0.2) is 43.8 Å². The van der Waals surface area contributed by atoms with Crippen LogP contribution in [0.4, 0.5) is 5.13 Å². The third kappa shape index (κ3) is 4.93. The van der Waals surface area contributed by atoms with E-state index in [2.05, 4.69) is 29.7 Å². The molecule has 33 heavy (non-hydrogen) atoms. The van der Waals surface area contributed by atoms with E-state index in [1.807, 2.05) is 0 Å². The van der Waals surface area contributed by atoms with Crippen LogP contribution in [0.15, 0.2) is 41.3 Å². The molecule has 0 spiro atoms. The van der Waals surface area contributed by atoms with Crippen LogP contribution in [0.5, 0.6) is 5.75 Å². The molecule has 3 aromatic rings. The van der Waals surface area contributed by atoms with Gasteiger partial charge in [0.2, 0.25) is 15.2 Å². The first-order chi connectivity index (χ1) is 15.7. The number of anilines is 1.